The summed E-state index contributed by atoms with van der Waals surface area (Å²) in [6.45, 7) is 0.360. The second-order valence-corrected chi connectivity index (χ2v) is 6.57. The monoisotopic (exact) mass is 390 g/mol. The number of nitrogens with zero attached hydrogens (tertiary/aromatic N) is 2. The number of halogens is 1. The van der Waals surface area contributed by atoms with Crippen LogP contribution >= 0.6 is 23.1 Å². The first kappa shape index (κ1) is 18.2. The van der Waals surface area contributed by atoms with Crippen LogP contribution in [-0.2, 0) is 18.0 Å². The van der Waals surface area contributed by atoms with E-state index < -0.39 is 5.97 Å². The smallest absolute Gasteiger partial charge is 0.338 e. The van der Waals surface area contributed by atoms with E-state index in [9.17, 15) is 4.79 Å². The molecular formula is C18H15ClN2O4S. The normalized spacial score (nSPS) is 10.4. The summed E-state index contributed by atoms with van der Waals surface area (Å²) in [5.74, 6) is 0.477. The summed E-state index contributed by atoms with van der Waals surface area (Å²) in [5, 5.41) is 3.80. The SMILES string of the molecule is COc1cc(C(=O)OCc2nnsc2Cl)ccc1OCc1ccccc1. The Kier molecular flexibility index (Phi) is 6.04. The van der Waals surface area contributed by atoms with E-state index in [-0.39, 0.29) is 6.61 Å². The Hall–Kier alpha value is -2.64. The molecule has 0 bridgehead atoms. The molecule has 3 rings (SSSR count). The van der Waals surface area contributed by atoms with Crippen LogP contribution in [0.1, 0.15) is 21.6 Å². The molecule has 0 radical (unpaired) electrons. The summed E-state index contributed by atoms with van der Waals surface area (Å²) in [4.78, 5) is 12.2. The van der Waals surface area contributed by atoms with E-state index in [1.165, 1.54) is 7.11 Å². The zero-order valence-corrected chi connectivity index (χ0v) is 15.4. The van der Waals surface area contributed by atoms with E-state index in [2.05, 4.69) is 9.59 Å². The second kappa shape index (κ2) is 8.64. The molecule has 0 amide bonds. The van der Waals surface area contributed by atoms with Crippen molar-refractivity contribution in [3.63, 3.8) is 0 Å². The largest absolute Gasteiger partial charge is 0.493 e. The van der Waals surface area contributed by atoms with Crippen molar-refractivity contribution in [3.05, 3.63) is 69.7 Å². The number of esters is 1. The van der Waals surface area contributed by atoms with Gasteiger partial charge in [-0.25, -0.2) is 4.79 Å². The molecule has 0 fully saturated rings. The van der Waals surface area contributed by atoms with Crippen LogP contribution in [-0.4, -0.2) is 22.7 Å². The quantitative estimate of drug-likeness (QED) is 0.565. The van der Waals surface area contributed by atoms with Gasteiger partial charge in [0.15, 0.2) is 11.5 Å². The highest BCUT2D eigenvalue weighted by Crippen LogP contribution is 2.29. The van der Waals surface area contributed by atoms with E-state index in [0.29, 0.717) is 33.7 Å². The molecule has 8 heteroatoms. The molecule has 0 saturated carbocycles. The molecule has 0 atom stereocenters. The Balaban J connectivity index is 1.65. The van der Waals surface area contributed by atoms with Gasteiger partial charge in [0, 0.05) is 11.5 Å². The van der Waals surface area contributed by atoms with Gasteiger partial charge in [0.1, 0.15) is 23.2 Å². The van der Waals surface area contributed by atoms with Crippen LogP contribution in [0.3, 0.4) is 0 Å². The van der Waals surface area contributed by atoms with E-state index in [1.807, 2.05) is 30.3 Å². The van der Waals surface area contributed by atoms with E-state index in [4.69, 9.17) is 25.8 Å². The van der Waals surface area contributed by atoms with Gasteiger partial charge in [-0.15, -0.1) is 5.10 Å². The van der Waals surface area contributed by atoms with Gasteiger partial charge >= 0.3 is 5.97 Å². The van der Waals surface area contributed by atoms with Crippen LogP contribution in [0.2, 0.25) is 4.34 Å². The minimum Gasteiger partial charge on any atom is -0.493 e. The Morgan fingerprint density at radius 3 is 2.62 bits per heavy atom. The highest BCUT2D eigenvalue weighted by atomic mass is 35.5. The van der Waals surface area contributed by atoms with Gasteiger partial charge in [-0.2, -0.15) is 0 Å². The number of ether oxygens (including phenoxy) is 3. The minimum absolute atomic E-state index is 0.0389. The number of benzene rings is 2. The van der Waals surface area contributed by atoms with Crippen molar-refractivity contribution in [2.45, 2.75) is 13.2 Å². The highest BCUT2D eigenvalue weighted by Gasteiger charge is 2.14. The van der Waals surface area contributed by atoms with Crippen molar-refractivity contribution >= 4 is 29.1 Å². The molecule has 134 valence electrons. The number of carbonyl (C=O) groups is 1. The van der Waals surface area contributed by atoms with Crippen LogP contribution in [0.15, 0.2) is 48.5 Å². The third-order valence-electron chi connectivity index (χ3n) is 3.49. The molecule has 2 aromatic carbocycles. The number of hydrogen-bond acceptors (Lipinski definition) is 7. The first-order chi connectivity index (χ1) is 12.7. The molecule has 0 N–H and O–H groups in total. The van der Waals surface area contributed by atoms with Gasteiger partial charge in [0.2, 0.25) is 0 Å². The molecule has 6 nitrogen and oxygen atoms in total. The van der Waals surface area contributed by atoms with Gasteiger partial charge in [-0.05, 0) is 23.8 Å². The maximum atomic E-state index is 12.2. The van der Waals surface area contributed by atoms with Gasteiger partial charge in [0.05, 0.1) is 12.7 Å². The molecule has 3 aromatic rings. The van der Waals surface area contributed by atoms with Crippen molar-refractivity contribution in [1.29, 1.82) is 0 Å². The molecule has 0 aliphatic heterocycles. The van der Waals surface area contributed by atoms with Crippen molar-refractivity contribution in [1.82, 2.24) is 9.59 Å². The fourth-order valence-corrected chi connectivity index (χ4v) is 2.75. The highest BCUT2D eigenvalue weighted by molar-refractivity contribution is 7.10. The second-order valence-electron chi connectivity index (χ2n) is 5.21. The molecular weight excluding hydrogens is 376 g/mol. The molecule has 0 unspecified atom stereocenters. The lowest BCUT2D eigenvalue weighted by atomic mass is 10.2. The first-order valence-electron chi connectivity index (χ1n) is 7.66. The van der Waals surface area contributed by atoms with Gasteiger partial charge in [-0.3, -0.25) is 0 Å². The molecule has 1 heterocycles. The zero-order valence-electron chi connectivity index (χ0n) is 13.8. The molecule has 26 heavy (non-hydrogen) atoms. The maximum Gasteiger partial charge on any atom is 0.338 e. The molecule has 0 aliphatic rings. The van der Waals surface area contributed by atoms with Crippen molar-refractivity contribution in [2.24, 2.45) is 0 Å². The predicted molar refractivity (Wildman–Crippen MR) is 97.8 cm³/mol. The Bertz CT molecular complexity index is 886. The summed E-state index contributed by atoms with van der Waals surface area (Å²) in [6.07, 6.45) is 0. The molecule has 1 aromatic heterocycles. The third kappa shape index (κ3) is 4.50. The number of aromatic nitrogens is 2. The van der Waals surface area contributed by atoms with Crippen molar-refractivity contribution in [3.8, 4) is 11.5 Å². The summed E-state index contributed by atoms with van der Waals surface area (Å²) < 4.78 is 20.4. The summed E-state index contributed by atoms with van der Waals surface area (Å²) in [6, 6.07) is 14.6. The van der Waals surface area contributed by atoms with Crippen LogP contribution in [0.5, 0.6) is 11.5 Å². The lowest BCUT2D eigenvalue weighted by molar-refractivity contribution is 0.0467. The molecule has 0 saturated heterocycles. The fourth-order valence-electron chi connectivity index (χ4n) is 2.15. The lowest BCUT2D eigenvalue weighted by Gasteiger charge is -2.12. The van der Waals surface area contributed by atoms with Crippen LogP contribution in [0.25, 0.3) is 0 Å². The average molecular weight is 391 g/mol. The lowest BCUT2D eigenvalue weighted by Crippen LogP contribution is -2.06. The average Bonchev–Trinajstić information content (AvgIpc) is 3.10. The van der Waals surface area contributed by atoms with E-state index in [0.717, 1.165) is 17.1 Å². The number of methoxy groups -OCH3 is 1. The Labute approximate surface area is 159 Å². The van der Waals surface area contributed by atoms with Gasteiger partial charge in [-0.1, -0.05) is 46.4 Å². The maximum absolute atomic E-state index is 12.2. The summed E-state index contributed by atoms with van der Waals surface area (Å²) in [7, 11) is 1.51. The summed E-state index contributed by atoms with van der Waals surface area (Å²) in [5.41, 5.74) is 1.81. The number of hydrogen-bond donors (Lipinski definition) is 0. The van der Waals surface area contributed by atoms with Gasteiger partial charge < -0.3 is 14.2 Å². The minimum atomic E-state index is -0.512. The molecule has 0 aliphatic carbocycles. The fraction of sp³-hybridized carbons (Fsp3) is 0.167. The predicted octanol–water partition coefficient (Wildman–Crippen LogP) is 4.14. The van der Waals surface area contributed by atoms with E-state index >= 15 is 0 Å². The number of rotatable bonds is 7. The number of carbonyl (C=O) groups excluding carboxylic acids is 1. The van der Waals surface area contributed by atoms with Crippen LogP contribution in [0, 0.1) is 0 Å². The topological polar surface area (TPSA) is 70.5 Å². The Morgan fingerprint density at radius 2 is 1.92 bits per heavy atom. The van der Waals surface area contributed by atoms with E-state index in [1.54, 1.807) is 18.2 Å². The standard InChI is InChI=1S/C18H15ClN2O4S/c1-23-16-9-13(18(22)25-11-14-17(19)26-21-20-14)7-8-15(16)24-10-12-5-3-2-4-6-12/h2-9H,10-11H2,1H3. The van der Waals surface area contributed by atoms with Crippen LogP contribution < -0.4 is 9.47 Å². The molecule has 0 spiro atoms. The Morgan fingerprint density at radius 1 is 1.12 bits per heavy atom. The zero-order chi connectivity index (χ0) is 18.4. The summed E-state index contributed by atoms with van der Waals surface area (Å²) >= 11 is 6.93. The van der Waals surface area contributed by atoms with Gasteiger partial charge in [0.25, 0.3) is 0 Å². The van der Waals surface area contributed by atoms with Crippen molar-refractivity contribution < 1.29 is 19.0 Å². The van der Waals surface area contributed by atoms with Crippen LogP contribution in [0.4, 0.5) is 0 Å². The third-order valence-corrected chi connectivity index (χ3v) is 4.47. The van der Waals surface area contributed by atoms with Crippen molar-refractivity contribution in [2.75, 3.05) is 7.11 Å². The first-order valence-corrected chi connectivity index (χ1v) is 8.81.